The molecule has 2 saturated heterocycles. The molecule has 116 valence electrons. The second-order valence-corrected chi connectivity index (χ2v) is 6.85. The summed E-state index contributed by atoms with van der Waals surface area (Å²) in [6.45, 7) is 0. The average Bonchev–Trinajstić information content (AvgIpc) is 2.70. The zero-order valence-corrected chi connectivity index (χ0v) is 13.1. The molecule has 0 aromatic heterocycles. The van der Waals surface area contributed by atoms with Crippen LogP contribution in [0.5, 0.6) is 0 Å². The summed E-state index contributed by atoms with van der Waals surface area (Å²) in [7, 11) is 2.23. The lowest BCUT2D eigenvalue weighted by molar-refractivity contribution is 0.112. The Balaban J connectivity index is 1.72. The predicted molar refractivity (Wildman–Crippen MR) is 83.5 cm³/mol. The highest BCUT2D eigenvalue weighted by Gasteiger charge is 2.40. The van der Waals surface area contributed by atoms with Crippen molar-refractivity contribution in [2.75, 3.05) is 7.05 Å². The number of hydrazine groups is 1. The first kappa shape index (κ1) is 15.2. The van der Waals surface area contributed by atoms with Gasteiger partial charge in [0, 0.05) is 18.1 Å². The normalized spacial score (nSPS) is 30.6. The molecule has 2 aliphatic rings. The van der Waals surface area contributed by atoms with Crippen LogP contribution in [-0.4, -0.2) is 30.1 Å². The van der Waals surface area contributed by atoms with Crippen molar-refractivity contribution in [1.82, 2.24) is 10.3 Å². The maximum Gasteiger partial charge on any atom is 0.142 e. The standard InChI is InChI=1S/C16H23ClFN3/c1-21-12-5-6-13(21)8-11(7-12)15(20-19)9-10-3-2-4-14(18)16(10)17/h2-4,11-13,15,20H,5-9,19H2,1H3. The largest absolute Gasteiger partial charge is 0.300 e. The summed E-state index contributed by atoms with van der Waals surface area (Å²) in [5, 5.41) is 0.230. The minimum atomic E-state index is -0.353. The van der Waals surface area contributed by atoms with Gasteiger partial charge in [0.25, 0.3) is 0 Å². The molecule has 0 spiro atoms. The summed E-state index contributed by atoms with van der Waals surface area (Å²) < 4.78 is 13.6. The van der Waals surface area contributed by atoms with Crippen molar-refractivity contribution in [1.29, 1.82) is 0 Å². The van der Waals surface area contributed by atoms with Crippen LogP contribution < -0.4 is 11.3 Å². The molecule has 0 amide bonds. The minimum Gasteiger partial charge on any atom is -0.300 e. The van der Waals surface area contributed by atoms with Gasteiger partial charge < -0.3 is 4.90 Å². The van der Waals surface area contributed by atoms with E-state index >= 15 is 0 Å². The van der Waals surface area contributed by atoms with Crippen molar-refractivity contribution in [3.05, 3.63) is 34.6 Å². The molecular weight excluding hydrogens is 289 g/mol. The average molecular weight is 312 g/mol. The Morgan fingerprint density at radius 3 is 2.67 bits per heavy atom. The van der Waals surface area contributed by atoms with Crippen LogP contribution >= 0.6 is 11.6 Å². The summed E-state index contributed by atoms with van der Waals surface area (Å²) in [5.74, 6) is 5.96. The Labute approximate surface area is 130 Å². The number of halogens is 2. The van der Waals surface area contributed by atoms with Gasteiger partial charge in [-0.15, -0.1) is 0 Å². The summed E-state index contributed by atoms with van der Waals surface area (Å²) >= 11 is 6.07. The Morgan fingerprint density at radius 2 is 2.05 bits per heavy atom. The fourth-order valence-electron chi connectivity index (χ4n) is 4.09. The number of nitrogens with one attached hydrogen (secondary N) is 1. The fraction of sp³-hybridized carbons (Fsp3) is 0.625. The van der Waals surface area contributed by atoms with Crippen LogP contribution in [0.4, 0.5) is 4.39 Å². The highest BCUT2D eigenvalue weighted by Crippen LogP contribution is 2.39. The van der Waals surface area contributed by atoms with E-state index in [2.05, 4.69) is 17.4 Å². The Bertz CT molecular complexity index is 496. The van der Waals surface area contributed by atoms with Crippen molar-refractivity contribution in [2.45, 2.75) is 50.2 Å². The van der Waals surface area contributed by atoms with Crippen LogP contribution in [0.1, 0.15) is 31.2 Å². The van der Waals surface area contributed by atoms with Crippen molar-refractivity contribution >= 4 is 11.6 Å². The quantitative estimate of drug-likeness (QED) is 0.663. The van der Waals surface area contributed by atoms with Crippen molar-refractivity contribution < 1.29 is 4.39 Å². The Kier molecular flexibility index (Phi) is 4.50. The van der Waals surface area contributed by atoms with Gasteiger partial charge in [-0.1, -0.05) is 23.7 Å². The van der Waals surface area contributed by atoms with Crippen LogP contribution in [0.25, 0.3) is 0 Å². The number of hydrogen-bond donors (Lipinski definition) is 2. The lowest BCUT2D eigenvalue weighted by Crippen LogP contribution is -2.49. The molecule has 1 aromatic carbocycles. The molecule has 3 nitrogen and oxygen atoms in total. The Hall–Kier alpha value is -0.680. The minimum absolute atomic E-state index is 0.154. The van der Waals surface area contributed by atoms with Crippen molar-refractivity contribution in [2.24, 2.45) is 11.8 Å². The van der Waals surface area contributed by atoms with E-state index in [0.29, 0.717) is 24.4 Å². The molecule has 21 heavy (non-hydrogen) atoms. The molecule has 3 unspecified atom stereocenters. The van der Waals surface area contributed by atoms with Crippen molar-refractivity contribution in [3.8, 4) is 0 Å². The van der Waals surface area contributed by atoms with E-state index in [9.17, 15) is 4.39 Å². The number of nitrogens with zero attached hydrogens (tertiary/aromatic N) is 1. The van der Waals surface area contributed by atoms with E-state index in [1.54, 1.807) is 6.07 Å². The van der Waals surface area contributed by atoms with Gasteiger partial charge in [0.2, 0.25) is 0 Å². The second kappa shape index (κ2) is 6.21. The van der Waals surface area contributed by atoms with Gasteiger partial charge in [-0.2, -0.15) is 0 Å². The highest BCUT2D eigenvalue weighted by molar-refractivity contribution is 6.31. The first-order valence-corrected chi connectivity index (χ1v) is 8.09. The van der Waals surface area contributed by atoms with E-state index in [1.165, 1.54) is 18.9 Å². The molecule has 3 N–H and O–H groups in total. The molecular formula is C16H23ClFN3. The molecule has 0 aliphatic carbocycles. The molecule has 3 rings (SSSR count). The lowest BCUT2D eigenvalue weighted by Gasteiger charge is -2.39. The number of rotatable bonds is 4. The maximum atomic E-state index is 13.6. The van der Waals surface area contributed by atoms with Gasteiger partial charge in [-0.05, 0) is 56.7 Å². The molecule has 0 saturated carbocycles. The third-order valence-corrected chi connectivity index (χ3v) is 5.81. The monoisotopic (exact) mass is 311 g/mol. The van der Waals surface area contributed by atoms with Gasteiger partial charge in [0.05, 0.1) is 5.02 Å². The van der Waals surface area contributed by atoms with Crippen LogP contribution in [0.3, 0.4) is 0 Å². The van der Waals surface area contributed by atoms with Crippen LogP contribution in [-0.2, 0) is 6.42 Å². The summed E-state index contributed by atoms with van der Waals surface area (Å²) in [4.78, 5) is 2.51. The first-order chi connectivity index (χ1) is 10.1. The third-order valence-electron chi connectivity index (χ3n) is 5.39. The van der Waals surface area contributed by atoms with Gasteiger partial charge in [-0.25, -0.2) is 4.39 Å². The molecule has 5 heteroatoms. The molecule has 2 aliphatic heterocycles. The maximum absolute atomic E-state index is 13.6. The summed E-state index contributed by atoms with van der Waals surface area (Å²) in [6, 6.07) is 6.50. The molecule has 3 atom stereocenters. The Morgan fingerprint density at radius 1 is 1.38 bits per heavy atom. The van der Waals surface area contributed by atoms with Gasteiger partial charge in [-0.3, -0.25) is 11.3 Å². The molecule has 2 bridgehead atoms. The SMILES string of the molecule is CN1C2CCC1CC(C(Cc1cccc(F)c1Cl)NN)C2. The van der Waals surface area contributed by atoms with Gasteiger partial charge >= 0.3 is 0 Å². The zero-order valence-electron chi connectivity index (χ0n) is 12.4. The summed E-state index contributed by atoms with van der Waals surface area (Å²) in [6.07, 6.45) is 5.58. The number of fused-ring (bicyclic) bond motifs is 2. The molecule has 0 radical (unpaired) electrons. The number of piperidine rings is 1. The van der Waals surface area contributed by atoms with Gasteiger partial charge in [0.15, 0.2) is 0 Å². The predicted octanol–water partition coefficient (Wildman–Crippen LogP) is 2.73. The molecule has 1 aromatic rings. The molecule has 2 heterocycles. The number of nitrogens with two attached hydrogens (primary N) is 1. The number of hydrogen-bond acceptors (Lipinski definition) is 3. The van der Waals surface area contributed by atoms with E-state index in [-0.39, 0.29) is 16.9 Å². The van der Waals surface area contributed by atoms with Crippen LogP contribution in [0.2, 0.25) is 5.02 Å². The van der Waals surface area contributed by atoms with E-state index in [1.807, 2.05) is 6.07 Å². The smallest absolute Gasteiger partial charge is 0.142 e. The van der Waals surface area contributed by atoms with Crippen LogP contribution in [0, 0.1) is 11.7 Å². The topological polar surface area (TPSA) is 41.3 Å². The van der Waals surface area contributed by atoms with Crippen LogP contribution in [0.15, 0.2) is 18.2 Å². The molecule has 2 fully saturated rings. The van der Waals surface area contributed by atoms with E-state index in [4.69, 9.17) is 17.4 Å². The fourth-order valence-corrected chi connectivity index (χ4v) is 4.29. The highest BCUT2D eigenvalue weighted by atomic mass is 35.5. The second-order valence-electron chi connectivity index (χ2n) is 6.47. The zero-order chi connectivity index (χ0) is 15.0. The van der Waals surface area contributed by atoms with Crippen molar-refractivity contribution in [3.63, 3.8) is 0 Å². The number of benzene rings is 1. The van der Waals surface area contributed by atoms with E-state index < -0.39 is 0 Å². The van der Waals surface area contributed by atoms with E-state index in [0.717, 1.165) is 18.4 Å². The lowest BCUT2D eigenvalue weighted by atomic mass is 9.83. The third kappa shape index (κ3) is 2.95. The summed E-state index contributed by atoms with van der Waals surface area (Å²) in [5.41, 5.74) is 3.79. The first-order valence-electron chi connectivity index (χ1n) is 7.71. The van der Waals surface area contributed by atoms with Gasteiger partial charge in [0.1, 0.15) is 5.82 Å².